The molecule has 0 radical (unpaired) electrons. The third-order valence-corrected chi connectivity index (χ3v) is 4.18. The highest BCUT2D eigenvalue weighted by Gasteiger charge is 2.42. The molecule has 2 aliphatic carbocycles. The summed E-state index contributed by atoms with van der Waals surface area (Å²) >= 11 is 4.46. The molecule has 0 aromatic rings. The number of rotatable bonds is 6. The zero-order chi connectivity index (χ0) is 9.31. The van der Waals surface area contributed by atoms with Gasteiger partial charge in [-0.1, -0.05) is 6.92 Å². The Balaban J connectivity index is 1.75. The highest BCUT2D eigenvalue weighted by Crippen LogP contribution is 2.47. The minimum Gasteiger partial charge on any atom is -0.303 e. The molecule has 0 aliphatic heterocycles. The Kier molecular flexibility index (Phi) is 2.89. The zero-order valence-electron chi connectivity index (χ0n) is 8.63. The van der Waals surface area contributed by atoms with Gasteiger partial charge in [-0.05, 0) is 49.3 Å². The average molecular weight is 199 g/mol. The molecule has 0 saturated heterocycles. The van der Waals surface area contributed by atoms with E-state index < -0.39 is 0 Å². The highest BCUT2D eigenvalue weighted by atomic mass is 32.1. The van der Waals surface area contributed by atoms with Crippen LogP contribution in [0, 0.1) is 11.3 Å². The second kappa shape index (κ2) is 3.82. The highest BCUT2D eigenvalue weighted by molar-refractivity contribution is 7.80. The SMILES string of the molecule is CCN(CC1CC1)CC1(CS)CC1. The van der Waals surface area contributed by atoms with Crippen molar-refractivity contribution in [2.24, 2.45) is 11.3 Å². The van der Waals surface area contributed by atoms with Gasteiger partial charge in [-0.25, -0.2) is 0 Å². The van der Waals surface area contributed by atoms with Crippen LogP contribution in [0.4, 0.5) is 0 Å². The Morgan fingerprint density at radius 1 is 1.38 bits per heavy atom. The summed E-state index contributed by atoms with van der Waals surface area (Å²) in [5, 5.41) is 0. The van der Waals surface area contributed by atoms with Crippen LogP contribution >= 0.6 is 12.6 Å². The van der Waals surface area contributed by atoms with Crippen molar-refractivity contribution >= 4 is 12.6 Å². The first-order valence-corrected chi connectivity index (χ1v) is 6.24. The Labute approximate surface area is 87.3 Å². The van der Waals surface area contributed by atoms with Crippen LogP contribution in [0.2, 0.25) is 0 Å². The monoisotopic (exact) mass is 199 g/mol. The number of thiol groups is 1. The fourth-order valence-corrected chi connectivity index (χ4v) is 2.40. The molecule has 0 atom stereocenters. The van der Waals surface area contributed by atoms with E-state index >= 15 is 0 Å². The lowest BCUT2D eigenvalue weighted by molar-refractivity contribution is 0.232. The van der Waals surface area contributed by atoms with Crippen LogP contribution in [0.3, 0.4) is 0 Å². The van der Waals surface area contributed by atoms with E-state index in [2.05, 4.69) is 24.5 Å². The van der Waals surface area contributed by atoms with Crippen molar-refractivity contribution in [1.29, 1.82) is 0 Å². The number of hydrogen-bond donors (Lipinski definition) is 1. The third-order valence-electron chi connectivity index (χ3n) is 3.51. The van der Waals surface area contributed by atoms with Crippen molar-refractivity contribution in [2.75, 3.05) is 25.4 Å². The van der Waals surface area contributed by atoms with Crippen LogP contribution in [0.1, 0.15) is 32.6 Å². The van der Waals surface area contributed by atoms with Gasteiger partial charge in [0, 0.05) is 13.1 Å². The Morgan fingerprint density at radius 2 is 2.08 bits per heavy atom. The van der Waals surface area contributed by atoms with E-state index in [0.717, 1.165) is 11.7 Å². The van der Waals surface area contributed by atoms with E-state index in [-0.39, 0.29) is 0 Å². The van der Waals surface area contributed by atoms with Gasteiger partial charge in [0.05, 0.1) is 0 Å². The molecule has 0 N–H and O–H groups in total. The summed E-state index contributed by atoms with van der Waals surface area (Å²) in [5.74, 6) is 2.13. The first-order valence-electron chi connectivity index (χ1n) is 5.61. The van der Waals surface area contributed by atoms with Gasteiger partial charge in [0.1, 0.15) is 0 Å². The average Bonchev–Trinajstić information content (AvgIpc) is 2.99. The number of nitrogens with zero attached hydrogens (tertiary/aromatic N) is 1. The molecule has 2 fully saturated rings. The summed E-state index contributed by atoms with van der Waals surface area (Å²) in [6.07, 6.45) is 5.78. The van der Waals surface area contributed by atoms with Crippen molar-refractivity contribution in [1.82, 2.24) is 4.90 Å². The minimum atomic E-state index is 0.619. The van der Waals surface area contributed by atoms with Crippen molar-refractivity contribution < 1.29 is 0 Å². The van der Waals surface area contributed by atoms with Crippen LogP contribution in [0.5, 0.6) is 0 Å². The van der Waals surface area contributed by atoms with Crippen molar-refractivity contribution in [3.05, 3.63) is 0 Å². The summed E-state index contributed by atoms with van der Waals surface area (Å²) in [5.41, 5.74) is 0.619. The summed E-state index contributed by atoms with van der Waals surface area (Å²) in [6.45, 7) is 6.18. The second-order valence-electron chi connectivity index (χ2n) is 4.93. The van der Waals surface area contributed by atoms with Crippen LogP contribution in [0.25, 0.3) is 0 Å². The molecule has 2 heteroatoms. The van der Waals surface area contributed by atoms with Gasteiger partial charge >= 0.3 is 0 Å². The predicted molar refractivity (Wildman–Crippen MR) is 60.4 cm³/mol. The fraction of sp³-hybridized carbons (Fsp3) is 1.00. The molecule has 0 amide bonds. The normalized spacial score (nSPS) is 25.2. The standard InChI is InChI=1S/C11H21NS/c1-2-12(7-10-3-4-10)8-11(9-13)5-6-11/h10,13H,2-9H2,1H3. The minimum absolute atomic E-state index is 0.619. The summed E-state index contributed by atoms with van der Waals surface area (Å²) < 4.78 is 0. The summed E-state index contributed by atoms with van der Waals surface area (Å²) in [7, 11) is 0. The Hall–Kier alpha value is 0.310. The predicted octanol–water partition coefficient (Wildman–Crippen LogP) is 2.43. The Morgan fingerprint density at radius 3 is 2.46 bits per heavy atom. The van der Waals surface area contributed by atoms with Crippen LogP contribution in [0.15, 0.2) is 0 Å². The van der Waals surface area contributed by atoms with Gasteiger partial charge in [0.25, 0.3) is 0 Å². The summed E-state index contributed by atoms with van der Waals surface area (Å²) in [6, 6.07) is 0. The maximum absolute atomic E-state index is 4.46. The van der Waals surface area contributed by atoms with Gasteiger partial charge in [-0.15, -0.1) is 0 Å². The topological polar surface area (TPSA) is 3.24 Å². The molecule has 13 heavy (non-hydrogen) atoms. The van der Waals surface area contributed by atoms with E-state index in [4.69, 9.17) is 0 Å². The van der Waals surface area contributed by atoms with Crippen LogP contribution in [-0.2, 0) is 0 Å². The van der Waals surface area contributed by atoms with Gasteiger partial charge < -0.3 is 4.90 Å². The maximum Gasteiger partial charge on any atom is 0.00458 e. The van der Waals surface area contributed by atoms with Gasteiger partial charge in [-0.3, -0.25) is 0 Å². The quantitative estimate of drug-likeness (QED) is 0.643. The second-order valence-corrected chi connectivity index (χ2v) is 5.25. The molecule has 0 bridgehead atoms. The van der Waals surface area contributed by atoms with Crippen molar-refractivity contribution in [3.8, 4) is 0 Å². The zero-order valence-corrected chi connectivity index (χ0v) is 9.52. The number of hydrogen-bond acceptors (Lipinski definition) is 2. The fourth-order valence-electron chi connectivity index (χ4n) is 1.99. The molecule has 0 heterocycles. The van der Waals surface area contributed by atoms with Gasteiger partial charge in [0.2, 0.25) is 0 Å². The van der Waals surface area contributed by atoms with Crippen LogP contribution < -0.4 is 0 Å². The molecule has 2 rings (SSSR count). The third kappa shape index (κ3) is 2.63. The van der Waals surface area contributed by atoms with Crippen molar-refractivity contribution in [2.45, 2.75) is 32.6 Å². The Bertz CT molecular complexity index is 173. The molecule has 0 aromatic heterocycles. The molecule has 76 valence electrons. The van der Waals surface area contributed by atoms with Gasteiger partial charge in [-0.2, -0.15) is 12.6 Å². The van der Waals surface area contributed by atoms with Gasteiger partial charge in [0.15, 0.2) is 0 Å². The molecule has 2 aliphatic rings. The lowest BCUT2D eigenvalue weighted by Crippen LogP contribution is -2.32. The maximum atomic E-state index is 4.46. The van der Waals surface area contributed by atoms with E-state index in [1.807, 2.05) is 0 Å². The molecule has 2 saturated carbocycles. The smallest absolute Gasteiger partial charge is 0.00458 e. The molecular formula is C11H21NS. The molecular weight excluding hydrogens is 178 g/mol. The van der Waals surface area contributed by atoms with Crippen molar-refractivity contribution in [3.63, 3.8) is 0 Å². The molecule has 0 spiro atoms. The van der Waals surface area contributed by atoms with E-state index in [1.165, 1.54) is 45.3 Å². The molecule has 1 nitrogen and oxygen atoms in total. The first kappa shape index (κ1) is 9.85. The van der Waals surface area contributed by atoms with E-state index in [0.29, 0.717) is 5.41 Å². The van der Waals surface area contributed by atoms with E-state index in [9.17, 15) is 0 Å². The molecule has 0 aromatic carbocycles. The lowest BCUT2D eigenvalue weighted by atomic mass is 10.1. The first-order chi connectivity index (χ1) is 6.28. The molecule has 0 unspecified atom stereocenters. The largest absolute Gasteiger partial charge is 0.303 e. The van der Waals surface area contributed by atoms with E-state index in [1.54, 1.807) is 0 Å². The summed E-state index contributed by atoms with van der Waals surface area (Å²) in [4.78, 5) is 2.64. The lowest BCUT2D eigenvalue weighted by Gasteiger charge is -2.25. The van der Waals surface area contributed by atoms with Crippen LogP contribution in [-0.4, -0.2) is 30.3 Å².